The molecule has 2 aliphatic heterocycles. The second-order valence-corrected chi connectivity index (χ2v) is 17.0. The molecule has 5 aromatic rings. The van der Waals surface area contributed by atoms with Gasteiger partial charge >= 0.3 is 6.18 Å². The molecule has 0 spiro atoms. The first-order valence-electron chi connectivity index (χ1n) is 19.7. The van der Waals surface area contributed by atoms with E-state index in [-0.39, 0.29) is 35.9 Å². The number of ketones is 1. The number of nitrogens with zero attached hydrogens (tertiary/aromatic N) is 3. The van der Waals surface area contributed by atoms with Crippen LogP contribution in [0.5, 0.6) is 5.75 Å². The number of amides is 4. The Hall–Kier alpha value is -6.31. The number of nitrogens with one attached hydrogen (secondary N) is 1. The molecule has 0 radical (unpaired) electrons. The van der Waals surface area contributed by atoms with E-state index in [1.54, 1.807) is 105 Å². The van der Waals surface area contributed by atoms with E-state index in [4.69, 9.17) is 23.2 Å². The van der Waals surface area contributed by atoms with Crippen LogP contribution in [0.25, 0.3) is 0 Å². The van der Waals surface area contributed by atoms with Crippen molar-refractivity contribution in [2.24, 2.45) is 23.7 Å². The molecule has 3 heterocycles. The summed E-state index contributed by atoms with van der Waals surface area (Å²) in [5.74, 6) is -7.73. The second-order valence-electron chi connectivity index (χ2n) is 16.2. The molecule has 4 aliphatic rings. The van der Waals surface area contributed by atoms with Crippen molar-refractivity contribution in [3.63, 3.8) is 0 Å². The van der Waals surface area contributed by atoms with Crippen LogP contribution in [0, 0.1) is 37.5 Å². The summed E-state index contributed by atoms with van der Waals surface area (Å²) in [4.78, 5) is 77.7. The smallest absolute Gasteiger partial charge is 0.417 e. The standard InChI is InChI=1S/C47H35Cl2F3N4O6/c1-23-18-27(19-24(2)39(23)57)38-32-16-17-33-37(44(61)55(42(33)59)31-14-8-26(9-15-31)40(58)25-6-4-3-5-7-25)34(32)21-35-43(60)56(45(62)46(35,38)28-10-12-30(48)13-11-28)54-41-36(49)20-29(22-53-41)47(50,51)52/h3-16,18-20,22,33-35,37-38,57H,17,21H2,1-2H3,(H,53,54). The van der Waals surface area contributed by atoms with Crippen molar-refractivity contribution in [3.05, 3.63) is 164 Å². The Kier molecular flexibility index (Phi) is 9.90. The van der Waals surface area contributed by atoms with Gasteiger partial charge in [-0.1, -0.05) is 89.4 Å². The highest BCUT2D eigenvalue weighted by Gasteiger charge is 2.70. The van der Waals surface area contributed by atoms with Gasteiger partial charge in [0.25, 0.3) is 11.8 Å². The normalized spacial score (nSPS) is 24.4. The number of phenols is 1. The van der Waals surface area contributed by atoms with Crippen LogP contribution in [0.2, 0.25) is 10.0 Å². The number of carbonyl (C=O) groups is 5. The summed E-state index contributed by atoms with van der Waals surface area (Å²) < 4.78 is 40.7. The summed E-state index contributed by atoms with van der Waals surface area (Å²) in [6.45, 7) is 3.40. The number of alkyl halides is 3. The number of pyridine rings is 1. The average Bonchev–Trinajstić information content (AvgIpc) is 3.63. The minimum absolute atomic E-state index is 0.0275. The number of anilines is 2. The van der Waals surface area contributed by atoms with Crippen molar-refractivity contribution in [1.82, 2.24) is 9.99 Å². The predicted molar refractivity (Wildman–Crippen MR) is 223 cm³/mol. The summed E-state index contributed by atoms with van der Waals surface area (Å²) in [7, 11) is 0. The van der Waals surface area contributed by atoms with Crippen LogP contribution in [0.4, 0.5) is 24.7 Å². The number of aromatic nitrogens is 1. The first kappa shape index (κ1) is 41.1. The molecular weight excluding hydrogens is 844 g/mol. The van der Waals surface area contributed by atoms with Gasteiger partial charge in [-0.05, 0) is 97.3 Å². The topological polar surface area (TPSA) is 137 Å². The van der Waals surface area contributed by atoms with E-state index in [1.165, 1.54) is 0 Å². The lowest BCUT2D eigenvalue weighted by molar-refractivity contribution is -0.139. The number of aryl methyl sites for hydroxylation is 2. The largest absolute Gasteiger partial charge is 0.507 e. The van der Waals surface area contributed by atoms with Crippen LogP contribution in [0.1, 0.15) is 62.5 Å². The lowest BCUT2D eigenvalue weighted by Gasteiger charge is -2.50. The fraction of sp³-hybridized carbons (Fsp3) is 0.234. The van der Waals surface area contributed by atoms with Gasteiger partial charge in [-0.2, -0.15) is 18.2 Å². The Balaban J connectivity index is 1.16. The molecule has 3 fully saturated rings. The number of benzene rings is 4. The number of aromatic hydroxyl groups is 1. The summed E-state index contributed by atoms with van der Waals surface area (Å²) in [6, 6.07) is 25.5. The molecule has 2 saturated heterocycles. The Morgan fingerprint density at radius 2 is 1.48 bits per heavy atom. The lowest BCUT2D eigenvalue weighted by atomic mass is 9.49. The number of hydrogen-bond donors (Lipinski definition) is 2. The quantitative estimate of drug-likeness (QED) is 0.0939. The summed E-state index contributed by atoms with van der Waals surface area (Å²) in [6.07, 6.45) is -2.30. The molecule has 4 aromatic carbocycles. The highest BCUT2D eigenvalue weighted by molar-refractivity contribution is 6.33. The third-order valence-electron chi connectivity index (χ3n) is 12.8. The summed E-state index contributed by atoms with van der Waals surface area (Å²) >= 11 is 12.7. The summed E-state index contributed by atoms with van der Waals surface area (Å²) in [5, 5.41) is 11.5. The molecule has 0 bridgehead atoms. The molecule has 314 valence electrons. The second kappa shape index (κ2) is 14.9. The minimum Gasteiger partial charge on any atom is -0.507 e. The highest BCUT2D eigenvalue weighted by Crippen LogP contribution is 2.64. The predicted octanol–water partition coefficient (Wildman–Crippen LogP) is 9.15. The van der Waals surface area contributed by atoms with Crippen LogP contribution in [-0.4, -0.2) is 44.5 Å². The van der Waals surface area contributed by atoms with Gasteiger partial charge in [0.05, 0.1) is 39.4 Å². The lowest BCUT2D eigenvalue weighted by Crippen LogP contribution is -2.53. The zero-order chi connectivity index (χ0) is 44.0. The van der Waals surface area contributed by atoms with E-state index >= 15 is 9.59 Å². The van der Waals surface area contributed by atoms with Crippen LogP contribution >= 0.6 is 23.2 Å². The monoisotopic (exact) mass is 878 g/mol. The third-order valence-corrected chi connectivity index (χ3v) is 13.4. The maximum atomic E-state index is 15.5. The van der Waals surface area contributed by atoms with Gasteiger partial charge in [0.1, 0.15) is 5.75 Å². The van der Waals surface area contributed by atoms with E-state index < -0.39 is 75.4 Å². The van der Waals surface area contributed by atoms with Crippen LogP contribution in [-0.2, 0) is 30.8 Å². The maximum absolute atomic E-state index is 15.5. The van der Waals surface area contributed by atoms with Crippen LogP contribution < -0.4 is 10.3 Å². The number of phenolic OH excluding ortho intramolecular Hbond substituents is 1. The number of carbonyl (C=O) groups excluding carboxylic acids is 5. The fourth-order valence-corrected chi connectivity index (χ4v) is 10.4. The van der Waals surface area contributed by atoms with Gasteiger partial charge < -0.3 is 5.11 Å². The molecule has 1 aromatic heterocycles. The molecule has 2 N–H and O–H groups in total. The Morgan fingerprint density at radius 1 is 0.839 bits per heavy atom. The number of rotatable bonds is 7. The molecule has 6 unspecified atom stereocenters. The number of imide groups is 2. The number of halogens is 5. The molecule has 2 aliphatic carbocycles. The SMILES string of the molecule is Cc1cc(C2C3=CCC4C(=O)N(c5ccc(C(=O)c6ccccc6)cc5)C(=O)C4C3CC3C(=O)N(Nc4ncc(C(F)(F)F)cc4Cl)C(=O)C32c2ccc(Cl)cc2)cc(C)c1O. The van der Waals surface area contributed by atoms with Gasteiger partial charge in [0.15, 0.2) is 11.6 Å². The van der Waals surface area contributed by atoms with E-state index in [9.17, 15) is 32.7 Å². The number of allylic oxidation sites excluding steroid dienone is 2. The van der Waals surface area contributed by atoms with Crippen molar-refractivity contribution in [1.29, 1.82) is 0 Å². The molecule has 6 atom stereocenters. The van der Waals surface area contributed by atoms with Crippen molar-refractivity contribution in [2.75, 3.05) is 10.3 Å². The maximum Gasteiger partial charge on any atom is 0.417 e. The zero-order valence-electron chi connectivity index (χ0n) is 32.9. The highest BCUT2D eigenvalue weighted by atomic mass is 35.5. The Bertz CT molecular complexity index is 2740. The number of fused-ring (bicyclic) bond motifs is 4. The van der Waals surface area contributed by atoms with E-state index in [2.05, 4.69) is 10.4 Å². The molecule has 4 amide bonds. The van der Waals surface area contributed by atoms with E-state index in [1.807, 2.05) is 6.08 Å². The minimum atomic E-state index is -4.77. The fourth-order valence-electron chi connectivity index (χ4n) is 10.1. The van der Waals surface area contributed by atoms with E-state index in [0.29, 0.717) is 56.2 Å². The van der Waals surface area contributed by atoms with Crippen molar-refractivity contribution < 1.29 is 42.3 Å². The third kappa shape index (κ3) is 6.31. The first-order valence-corrected chi connectivity index (χ1v) is 20.5. The van der Waals surface area contributed by atoms with Gasteiger partial charge in [-0.25, -0.2) is 4.98 Å². The Labute approximate surface area is 362 Å². The average molecular weight is 880 g/mol. The molecule has 15 heteroatoms. The molecule has 10 nitrogen and oxygen atoms in total. The number of hydrazine groups is 1. The van der Waals surface area contributed by atoms with Crippen LogP contribution in [0.3, 0.4) is 0 Å². The first-order chi connectivity index (χ1) is 29.5. The molecular formula is C47H35Cl2F3N4O6. The van der Waals surface area contributed by atoms with Crippen LogP contribution in [0.15, 0.2) is 115 Å². The van der Waals surface area contributed by atoms with Crippen molar-refractivity contribution in [2.45, 2.75) is 44.2 Å². The molecule has 9 rings (SSSR count). The van der Waals surface area contributed by atoms with Crippen molar-refractivity contribution in [3.8, 4) is 5.75 Å². The van der Waals surface area contributed by atoms with Gasteiger partial charge in [-0.3, -0.25) is 34.3 Å². The van der Waals surface area contributed by atoms with Gasteiger partial charge in [0.2, 0.25) is 11.8 Å². The zero-order valence-corrected chi connectivity index (χ0v) is 34.4. The number of hydrogen-bond acceptors (Lipinski definition) is 8. The summed E-state index contributed by atoms with van der Waals surface area (Å²) in [5.41, 5.74) is 3.43. The molecule has 1 saturated carbocycles. The van der Waals surface area contributed by atoms with Gasteiger partial charge in [-0.15, -0.1) is 0 Å². The van der Waals surface area contributed by atoms with Gasteiger partial charge in [0, 0.05) is 28.3 Å². The molecule has 62 heavy (non-hydrogen) atoms. The Morgan fingerprint density at radius 3 is 2.11 bits per heavy atom. The van der Waals surface area contributed by atoms with Crippen molar-refractivity contribution >= 4 is 64.1 Å². The van der Waals surface area contributed by atoms with E-state index in [0.717, 1.165) is 9.91 Å².